The van der Waals surface area contributed by atoms with Crippen molar-refractivity contribution in [2.24, 2.45) is 0 Å². The summed E-state index contributed by atoms with van der Waals surface area (Å²) in [5, 5.41) is 8.49. The van der Waals surface area contributed by atoms with Crippen LogP contribution in [0.4, 0.5) is 0 Å². The van der Waals surface area contributed by atoms with Gasteiger partial charge in [0.25, 0.3) is 0 Å². The quantitative estimate of drug-likeness (QED) is 0.779. The van der Waals surface area contributed by atoms with Crippen LogP contribution in [0.2, 0.25) is 0 Å². The van der Waals surface area contributed by atoms with E-state index in [2.05, 4.69) is 6.07 Å². The summed E-state index contributed by atoms with van der Waals surface area (Å²) in [6, 6.07) is 7.79. The highest BCUT2D eigenvalue weighted by atomic mass is 16.7. The summed E-state index contributed by atoms with van der Waals surface area (Å²) in [4.78, 5) is 0. The standard InChI is InChI=1S/C12H13NO3/c1-9(4-5-13)14-7-10-2-3-11-12(6-10)16-8-15-11/h2-3,6,9H,4,7-8H2,1H3. The van der Waals surface area contributed by atoms with E-state index in [0.717, 1.165) is 17.1 Å². The van der Waals surface area contributed by atoms with Gasteiger partial charge in [-0.25, -0.2) is 0 Å². The molecule has 2 rings (SSSR count). The van der Waals surface area contributed by atoms with E-state index >= 15 is 0 Å². The predicted octanol–water partition coefficient (Wildman–Crippen LogP) is 2.23. The maximum absolute atomic E-state index is 8.49. The van der Waals surface area contributed by atoms with Gasteiger partial charge in [0.15, 0.2) is 11.5 Å². The third-order valence-electron chi connectivity index (χ3n) is 2.35. The Hall–Kier alpha value is -1.73. The molecular formula is C12H13NO3. The lowest BCUT2D eigenvalue weighted by atomic mass is 10.2. The van der Waals surface area contributed by atoms with Crippen molar-refractivity contribution in [1.82, 2.24) is 0 Å². The first-order chi connectivity index (χ1) is 7.79. The van der Waals surface area contributed by atoms with E-state index in [1.807, 2.05) is 25.1 Å². The number of hydrogen-bond donors (Lipinski definition) is 0. The van der Waals surface area contributed by atoms with Crippen molar-refractivity contribution < 1.29 is 14.2 Å². The molecule has 1 aliphatic rings. The van der Waals surface area contributed by atoms with Crippen LogP contribution >= 0.6 is 0 Å². The highest BCUT2D eigenvalue weighted by molar-refractivity contribution is 5.44. The molecule has 0 radical (unpaired) electrons. The normalized spacial score (nSPS) is 14.5. The Balaban J connectivity index is 1.93. The lowest BCUT2D eigenvalue weighted by Gasteiger charge is -2.09. The molecule has 0 N–H and O–H groups in total. The number of ether oxygens (including phenoxy) is 3. The molecule has 1 atom stereocenters. The molecule has 84 valence electrons. The van der Waals surface area contributed by atoms with Gasteiger partial charge in [-0.15, -0.1) is 0 Å². The highest BCUT2D eigenvalue weighted by Crippen LogP contribution is 2.32. The zero-order valence-electron chi connectivity index (χ0n) is 9.10. The summed E-state index contributed by atoms with van der Waals surface area (Å²) in [7, 11) is 0. The summed E-state index contributed by atoms with van der Waals surface area (Å²) in [6.45, 7) is 2.65. The van der Waals surface area contributed by atoms with Gasteiger partial charge in [0.05, 0.1) is 25.2 Å². The van der Waals surface area contributed by atoms with Crippen LogP contribution in [-0.2, 0) is 11.3 Å². The molecule has 1 aliphatic heterocycles. The van der Waals surface area contributed by atoms with E-state index in [9.17, 15) is 0 Å². The first-order valence-corrected chi connectivity index (χ1v) is 5.16. The van der Waals surface area contributed by atoms with Crippen molar-refractivity contribution in [2.45, 2.75) is 26.1 Å². The van der Waals surface area contributed by atoms with Crippen molar-refractivity contribution in [2.75, 3.05) is 6.79 Å². The molecule has 1 aromatic carbocycles. The van der Waals surface area contributed by atoms with E-state index in [4.69, 9.17) is 19.5 Å². The second-order valence-electron chi connectivity index (χ2n) is 3.67. The van der Waals surface area contributed by atoms with E-state index in [1.54, 1.807) is 0 Å². The predicted molar refractivity (Wildman–Crippen MR) is 57.0 cm³/mol. The zero-order valence-corrected chi connectivity index (χ0v) is 9.10. The van der Waals surface area contributed by atoms with Crippen LogP contribution in [0.15, 0.2) is 18.2 Å². The minimum atomic E-state index is -0.0459. The van der Waals surface area contributed by atoms with Crippen LogP contribution < -0.4 is 9.47 Å². The maximum atomic E-state index is 8.49. The second-order valence-corrected chi connectivity index (χ2v) is 3.67. The van der Waals surface area contributed by atoms with Crippen LogP contribution in [0.1, 0.15) is 18.9 Å². The van der Waals surface area contributed by atoms with Crippen LogP contribution in [0.25, 0.3) is 0 Å². The largest absolute Gasteiger partial charge is 0.454 e. The van der Waals surface area contributed by atoms with Crippen molar-refractivity contribution in [3.8, 4) is 17.6 Å². The summed E-state index contributed by atoms with van der Waals surface area (Å²) < 4.78 is 16.0. The molecule has 0 bridgehead atoms. The number of fused-ring (bicyclic) bond motifs is 1. The van der Waals surface area contributed by atoms with Crippen LogP contribution in [0, 0.1) is 11.3 Å². The van der Waals surface area contributed by atoms with Gasteiger partial charge in [-0.05, 0) is 24.6 Å². The summed E-state index contributed by atoms with van der Waals surface area (Å²) in [6.07, 6.45) is 0.361. The first-order valence-electron chi connectivity index (χ1n) is 5.16. The minimum absolute atomic E-state index is 0.0459. The van der Waals surface area contributed by atoms with Gasteiger partial charge in [0.2, 0.25) is 6.79 Å². The molecule has 0 saturated carbocycles. The molecule has 1 aromatic rings. The van der Waals surface area contributed by atoms with Crippen molar-refractivity contribution in [3.05, 3.63) is 23.8 Å². The molecular weight excluding hydrogens is 206 g/mol. The summed E-state index contributed by atoms with van der Waals surface area (Å²) in [5.74, 6) is 1.53. The SMILES string of the molecule is CC(CC#N)OCc1ccc2c(c1)OCO2. The molecule has 16 heavy (non-hydrogen) atoms. The fraction of sp³-hybridized carbons (Fsp3) is 0.417. The molecule has 1 unspecified atom stereocenters. The fourth-order valence-electron chi connectivity index (χ4n) is 1.46. The second kappa shape index (κ2) is 4.86. The Morgan fingerprint density at radius 3 is 3.06 bits per heavy atom. The third-order valence-corrected chi connectivity index (χ3v) is 2.35. The summed E-state index contributed by atoms with van der Waals surface area (Å²) >= 11 is 0. The van der Waals surface area contributed by atoms with Gasteiger partial charge in [-0.2, -0.15) is 5.26 Å². The third kappa shape index (κ3) is 2.44. The van der Waals surface area contributed by atoms with Crippen molar-refractivity contribution in [3.63, 3.8) is 0 Å². The summed E-state index contributed by atoms with van der Waals surface area (Å²) in [5.41, 5.74) is 1.02. The van der Waals surface area contributed by atoms with Crippen LogP contribution in [0.3, 0.4) is 0 Å². The van der Waals surface area contributed by atoms with Gasteiger partial charge < -0.3 is 14.2 Å². The topological polar surface area (TPSA) is 51.5 Å². The number of rotatable bonds is 4. The molecule has 0 aromatic heterocycles. The fourth-order valence-corrected chi connectivity index (χ4v) is 1.46. The lowest BCUT2D eigenvalue weighted by molar-refractivity contribution is 0.0562. The monoisotopic (exact) mass is 219 g/mol. The number of hydrogen-bond acceptors (Lipinski definition) is 4. The van der Waals surface area contributed by atoms with E-state index in [1.165, 1.54) is 0 Å². The molecule has 0 amide bonds. The van der Waals surface area contributed by atoms with Crippen LogP contribution in [-0.4, -0.2) is 12.9 Å². The van der Waals surface area contributed by atoms with Crippen molar-refractivity contribution >= 4 is 0 Å². The van der Waals surface area contributed by atoms with Gasteiger partial charge in [-0.1, -0.05) is 6.07 Å². The molecule has 4 heteroatoms. The van der Waals surface area contributed by atoms with Gasteiger partial charge in [0.1, 0.15) is 0 Å². The molecule has 0 fully saturated rings. The molecule has 4 nitrogen and oxygen atoms in total. The first kappa shape index (κ1) is 10.8. The smallest absolute Gasteiger partial charge is 0.231 e. The van der Waals surface area contributed by atoms with E-state index in [-0.39, 0.29) is 12.9 Å². The Morgan fingerprint density at radius 1 is 1.44 bits per heavy atom. The zero-order chi connectivity index (χ0) is 11.4. The number of nitrogens with zero attached hydrogens (tertiary/aromatic N) is 1. The molecule has 0 aliphatic carbocycles. The molecule has 1 heterocycles. The minimum Gasteiger partial charge on any atom is -0.454 e. The lowest BCUT2D eigenvalue weighted by Crippen LogP contribution is -2.06. The average molecular weight is 219 g/mol. The Bertz CT molecular complexity index is 411. The maximum Gasteiger partial charge on any atom is 0.231 e. The van der Waals surface area contributed by atoms with Gasteiger partial charge in [0, 0.05) is 0 Å². The average Bonchev–Trinajstić information content (AvgIpc) is 2.74. The Morgan fingerprint density at radius 2 is 2.25 bits per heavy atom. The number of nitriles is 1. The van der Waals surface area contributed by atoms with Gasteiger partial charge >= 0.3 is 0 Å². The van der Waals surface area contributed by atoms with E-state index in [0.29, 0.717) is 13.0 Å². The molecule has 0 saturated heterocycles. The Kier molecular flexibility index (Phi) is 3.28. The van der Waals surface area contributed by atoms with Crippen LogP contribution in [0.5, 0.6) is 11.5 Å². The van der Waals surface area contributed by atoms with E-state index < -0.39 is 0 Å². The molecule has 0 spiro atoms. The Labute approximate surface area is 94.3 Å². The van der Waals surface area contributed by atoms with Crippen molar-refractivity contribution in [1.29, 1.82) is 5.26 Å². The van der Waals surface area contributed by atoms with Gasteiger partial charge in [-0.3, -0.25) is 0 Å². The highest BCUT2D eigenvalue weighted by Gasteiger charge is 2.13. The number of benzene rings is 1.